The van der Waals surface area contributed by atoms with Crippen LogP contribution in [0.3, 0.4) is 0 Å². The van der Waals surface area contributed by atoms with Crippen molar-refractivity contribution in [3.05, 3.63) is 60.7 Å². The second-order valence-electron chi connectivity index (χ2n) is 3.41. The molecule has 2 aromatic rings. The van der Waals surface area contributed by atoms with Gasteiger partial charge in [-0.25, -0.2) is 5.73 Å². The summed E-state index contributed by atoms with van der Waals surface area (Å²) in [5.41, 5.74) is 5.92. The summed E-state index contributed by atoms with van der Waals surface area (Å²) in [6.45, 7) is 0. The maximum atomic E-state index is 5.92. The predicted octanol–water partition coefficient (Wildman–Crippen LogP) is 3.15. The van der Waals surface area contributed by atoms with Crippen LogP contribution < -0.4 is 15.2 Å². The van der Waals surface area contributed by atoms with Gasteiger partial charge in [0, 0.05) is 22.6 Å². The number of benzene rings is 2. The highest BCUT2D eigenvalue weighted by atomic mass is 127. The van der Waals surface area contributed by atoms with E-state index in [9.17, 15) is 0 Å². The average molecular weight is 341 g/mol. The van der Waals surface area contributed by atoms with Gasteiger partial charge in [0.2, 0.25) is 0 Å². The number of alkyl halides is 1. The summed E-state index contributed by atoms with van der Waals surface area (Å²) in [5, 5.41) is 0. The first-order valence-corrected chi connectivity index (χ1v) is 6.19. The minimum Gasteiger partial charge on any atom is -0.432 e. The van der Waals surface area contributed by atoms with Gasteiger partial charge >= 0.3 is 3.92 Å². The van der Waals surface area contributed by atoms with E-state index in [1.807, 2.05) is 83.3 Å². The fourth-order valence-electron chi connectivity index (χ4n) is 1.32. The summed E-state index contributed by atoms with van der Waals surface area (Å²) in [5.74, 6) is 1.33. The average Bonchev–Trinajstić information content (AvgIpc) is 2.30. The molecule has 4 heteroatoms. The SMILES string of the molecule is NC(I)(Oc1ccccc1)Oc1ccccc1. The van der Waals surface area contributed by atoms with Crippen molar-refractivity contribution in [3.8, 4) is 11.5 Å². The predicted molar refractivity (Wildman–Crippen MR) is 75.1 cm³/mol. The summed E-state index contributed by atoms with van der Waals surface area (Å²) in [7, 11) is 0. The Morgan fingerprint density at radius 2 is 1.12 bits per heavy atom. The van der Waals surface area contributed by atoms with Gasteiger partial charge in [-0.3, -0.25) is 0 Å². The number of para-hydroxylation sites is 2. The highest BCUT2D eigenvalue weighted by Gasteiger charge is 2.25. The van der Waals surface area contributed by atoms with Crippen molar-refractivity contribution < 1.29 is 9.47 Å². The van der Waals surface area contributed by atoms with Crippen LogP contribution in [0, 0.1) is 0 Å². The first kappa shape index (κ1) is 12.2. The van der Waals surface area contributed by atoms with Gasteiger partial charge in [-0.1, -0.05) is 36.4 Å². The summed E-state index contributed by atoms with van der Waals surface area (Å²) in [6, 6.07) is 18.7. The number of rotatable bonds is 4. The topological polar surface area (TPSA) is 44.5 Å². The molecule has 0 fully saturated rings. The van der Waals surface area contributed by atoms with Crippen LogP contribution in [0.5, 0.6) is 11.5 Å². The lowest BCUT2D eigenvalue weighted by atomic mass is 10.3. The molecular formula is C13H12INO2. The van der Waals surface area contributed by atoms with E-state index in [2.05, 4.69) is 0 Å². The Kier molecular flexibility index (Phi) is 3.86. The van der Waals surface area contributed by atoms with Gasteiger partial charge in [0.15, 0.2) is 0 Å². The number of ether oxygens (including phenoxy) is 2. The molecule has 0 aromatic heterocycles. The highest BCUT2D eigenvalue weighted by Crippen LogP contribution is 2.23. The monoisotopic (exact) mass is 341 g/mol. The van der Waals surface area contributed by atoms with Gasteiger partial charge in [-0.05, 0) is 24.3 Å². The maximum absolute atomic E-state index is 5.92. The third kappa shape index (κ3) is 3.90. The van der Waals surface area contributed by atoms with Crippen molar-refractivity contribution in [3.63, 3.8) is 0 Å². The molecule has 2 N–H and O–H groups in total. The zero-order valence-electron chi connectivity index (χ0n) is 9.05. The molecule has 2 aromatic carbocycles. The smallest absolute Gasteiger partial charge is 0.364 e. The largest absolute Gasteiger partial charge is 0.432 e. The van der Waals surface area contributed by atoms with E-state index in [4.69, 9.17) is 15.2 Å². The van der Waals surface area contributed by atoms with Crippen molar-refractivity contribution in [2.24, 2.45) is 5.73 Å². The van der Waals surface area contributed by atoms with Gasteiger partial charge in [-0.2, -0.15) is 0 Å². The first-order valence-electron chi connectivity index (χ1n) is 5.12. The van der Waals surface area contributed by atoms with Crippen molar-refractivity contribution in [1.82, 2.24) is 0 Å². The van der Waals surface area contributed by atoms with Crippen LogP contribution in [-0.4, -0.2) is 3.92 Å². The molecule has 0 radical (unpaired) electrons. The molecule has 0 aliphatic rings. The van der Waals surface area contributed by atoms with Crippen molar-refractivity contribution in [2.75, 3.05) is 0 Å². The van der Waals surface area contributed by atoms with E-state index in [0.717, 1.165) is 0 Å². The van der Waals surface area contributed by atoms with E-state index in [1.165, 1.54) is 0 Å². The Morgan fingerprint density at radius 1 is 0.765 bits per heavy atom. The van der Waals surface area contributed by atoms with E-state index < -0.39 is 3.92 Å². The summed E-state index contributed by atoms with van der Waals surface area (Å²) in [4.78, 5) is 0. The minimum atomic E-state index is -1.22. The van der Waals surface area contributed by atoms with Gasteiger partial charge in [0.1, 0.15) is 11.5 Å². The number of nitrogens with two attached hydrogens (primary N) is 1. The molecule has 0 saturated carbocycles. The Hall–Kier alpha value is -1.27. The van der Waals surface area contributed by atoms with Crippen LogP contribution in [-0.2, 0) is 0 Å². The summed E-state index contributed by atoms with van der Waals surface area (Å²) >= 11 is 1.92. The molecular weight excluding hydrogens is 329 g/mol. The van der Waals surface area contributed by atoms with Crippen LogP contribution in [0.25, 0.3) is 0 Å². The Balaban J connectivity index is 2.04. The molecule has 0 amide bonds. The molecule has 0 heterocycles. The van der Waals surface area contributed by atoms with E-state index in [-0.39, 0.29) is 0 Å². The maximum Gasteiger partial charge on any atom is 0.364 e. The zero-order valence-corrected chi connectivity index (χ0v) is 11.2. The molecule has 88 valence electrons. The van der Waals surface area contributed by atoms with Gasteiger partial charge < -0.3 is 9.47 Å². The van der Waals surface area contributed by atoms with E-state index in [1.54, 1.807) is 0 Å². The van der Waals surface area contributed by atoms with Crippen LogP contribution in [0.2, 0.25) is 0 Å². The standard InChI is InChI=1S/C13H12INO2/c14-13(15,16-11-7-3-1-4-8-11)17-12-9-5-2-6-10-12/h1-10H,15H2. The van der Waals surface area contributed by atoms with Gasteiger partial charge in [0.05, 0.1) is 0 Å². The van der Waals surface area contributed by atoms with Crippen molar-refractivity contribution in [2.45, 2.75) is 3.92 Å². The minimum absolute atomic E-state index is 0.667. The van der Waals surface area contributed by atoms with Gasteiger partial charge in [0.25, 0.3) is 0 Å². The lowest BCUT2D eigenvalue weighted by molar-refractivity contribution is -0.00612. The van der Waals surface area contributed by atoms with E-state index >= 15 is 0 Å². The summed E-state index contributed by atoms with van der Waals surface area (Å²) in [6.07, 6.45) is 0. The lowest BCUT2D eigenvalue weighted by Crippen LogP contribution is -2.45. The third-order valence-electron chi connectivity index (χ3n) is 2.00. The molecule has 0 bridgehead atoms. The molecule has 0 spiro atoms. The van der Waals surface area contributed by atoms with Crippen molar-refractivity contribution in [1.29, 1.82) is 0 Å². The first-order chi connectivity index (χ1) is 8.16. The van der Waals surface area contributed by atoms with Crippen molar-refractivity contribution >= 4 is 22.6 Å². The molecule has 3 nitrogen and oxygen atoms in total. The highest BCUT2D eigenvalue weighted by molar-refractivity contribution is 14.1. The number of hydrogen-bond donors (Lipinski definition) is 1. The Bertz CT molecular complexity index is 416. The molecule has 0 saturated heterocycles. The van der Waals surface area contributed by atoms with Crippen LogP contribution in [0.15, 0.2) is 60.7 Å². The molecule has 0 aliphatic carbocycles. The Labute approximate surface area is 114 Å². The fourth-order valence-corrected chi connectivity index (χ4v) is 1.83. The Morgan fingerprint density at radius 3 is 1.47 bits per heavy atom. The number of hydrogen-bond acceptors (Lipinski definition) is 3. The quantitative estimate of drug-likeness (QED) is 0.402. The molecule has 0 atom stereocenters. The number of halogens is 1. The lowest BCUT2D eigenvalue weighted by Gasteiger charge is -2.24. The molecule has 2 rings (SSSR count). The second kappa shape index (κ2) is 5.37. The van der Waals surface area contributed by atoms with Gasteiger partial charge in [-0.15, -0.1) is 0 Å². The molecule has 0 aliphatic heterocycles. The van der Waals surface area contributed by atoms with E-state index in [0.29, 0.717) is 11.5 Å². The van der Waals surface area contributed by atoms with Crippen LogP contribution >= 0.6 is 22.6 Å². The summed E-state index contributed by atoms with van der Waals surface area (Å²) < 4.78 is 9.87. The zero-order chi connectivity index (χ0) is 12.1. The molecule has 0 unspecified atom stereocenters. The third-order valence-corrected chi connectivity index (χ3v) is 2.44. The van der Waals surface area contributed by atoms with Crippen LogP contribution in [0.4, 0.5) is 0 Å². The second-order valence-corrected chi connectivity index (χ2v) is 4.92. The normalized spacial score (nSPS) is 10.9. The van der Waals surface area contributed by atoms with Crippen LogP contribution in [0.1, 0.15) is 0 Å². The molecule has 17 heavy (non-hydrogen) atoms. The fraction of sp³-hybridized carbons (Fsp3) is 0.0769.